The number of benzene rings is 9. The fraction of sp³-hybridized carbons (Fsp3) is 0.138. The van der Waals surface area contributed by atoms with Gasteiger partial charge in [-0.15, -0.1) is 0 Å². The van der Waals surface area contributed by atoms with Crippen LogP contribution < -0.4 is 9.80 Å². The highest BCUT2D eigenvalue weighted by Gasteiger charge is 2.22. The summed E-state index contributed by atoms with van der Waals surface area (Å²) < 4.78 is 0. The molecule has 0 spiro atoms. The molecule has 9 aromatic rings. The fourth-order valence-electron chi connectivity index (χ4n) is 9.02. The Morgan fingerprint density at radius 1 is 0.317 bits per heavy atom. The number of fused-ring (bicyclic) bond motifs is 2. The normalized spacial score (nSPS) is 11.3. The number of aryl methyl sites for hydroxylation is 4. The molecule has 2 heteroatoms. The topological polar surface area (TPSA) is 6.48 Å². The zero-order valence-electron chi connectivity index (χ0n) is 35.2. The van der Waals surface area contributed by atoms with Crippen LogP contribution >= 0.6 is 0 Å². The first-order valence-corrected chi connectivity index (χ1v) is 21.5. The van der Waals surface area contributed by atoms with E-state index in [-0.39, 0.29) is 0 Å². The van der Waals surface area contributed by atoms with Crippen molar-refractivity contribution in [3.05, 3.63) is 216 Å². The van der Waals surface area contributed by atoms with Gasteiger partial charge in [-0.3, -0.25) is 0 Å². The highest BCUT2D eigenvalue weighted by Crippen LogP contribution is 2.48. The van der Waals surface area contributed by atoms with Gasteiger partial charge in [0, 0.05) is 34.1 Å². The third-order valence-corrected chi connectivity index (χ3v) is 11.7. The molecule has 0 bridgehead atoms. The number of nitrogens with zero attached hydrogens (tertiary/aromatic N) is 2. The molecule has 0 aliphatic heterocycles. The highest BCUT2D eigenvalue weighted by atomic mass is 15.1. The van der Waals surface area contributed by atoms with Gasteiger partial charge < -0.3 is 9.80 Å². The molecule has 294 valence electrons. The molecule has 0 aliphatic rings. The number of rotatable bonds is 12. The fourth-order valence-corrected chi connectivity index (χ4v) is 9.02. The van der Waals surface area contributed by atoms with E-state index in [1.54, 1.807) is 0 Å². The number of anilines is 6. The molecule has 0 atom stereocenters. The summed E-state index contributed by atoms with van der Waals surface area (Å²) in [4.78, 5) is 4.87. The van der Waals surface area contributed by atoms with E-state index in [1.807, 2.05) is 0 Å². The molecule has 0 heterocycles. The summed E-state index contributed by atoms with van der Waals surface area (Å²) in [6.07, 6.45) is 4.31. The Bertz CT molecular complexity index is 2730. The molecule has 9 rings (SSSR count). The van der Waals surface area contributed by atoms with Crippen LogP contribution in [0.4, 0.5) is 34.1 Å². The van der Waals surface area contributed by atoms with Crippen molar-refractivity contribution in [1.29, 1.82) is 0 Å². The van der Waals surface area contributed by atoms with Gasteiger partial charge in [-0.1, -0.05) is 148 Å². The molecule has 0 aliphatic carbocycles. The van der Waals surface area contributed by atoms with Crippen molar-refractivity contribution in [2.45, 2.75) is 53.4 Å². The maximum Gasteiger partial charge on any atom is 0.0468 e. The standard InChI is InChI=1S/C58H52N2/c1-5-17-43-21-15-29-49(37-43)59(47-27-13-19-41(3)35-47)51-31-33-53-55(39-51)57(45-23-9-7-10-24-45)54-34-32-52(40-56(54)58(53)46-25-11-8-12-26-46)60(48-28-14-20-42(4)36-48)50-30-16-22-44(38-50)18-6-2/h7-16,19-40H,5-6,17-18H2,1-4H3. The lowest BCUT2D eigenvalue weighted by Crippen LogP contribution is -2.11. The van der Waals surface area contributed by atoms with Gasteiger partial charge in [0.05, 0.1) is 0 Å². The van der Waals surface area contributed by atoms with Crippen LogP contribution in [0.2, 0.25) is 0 Å². The Morgan fingerprint density at radius 2 is 0.683 bits per heavy atom. The highest BCUT2D eigenvalue weighted by molar-refractivity contribution is 6.22. The second-order valence-corrected chi connectivity index (χ2v) is 16.1. The monoisotopic (exact) mass is 776 g/mol. The minimum Gasteiger partial charge on any atom is -0.310 e. The number of hydrogen-bond donors (Lipinski definition) is 0. The molecule has 0 N–H and O–H groups in total. The predicted octanol–water partition coefficient (Wildman–Crippen LogP) is 16.8. The summed E-state index contributed by atoms with van der Waals surface area (Å²) in [6.45, 7) is 8.86. The van der Waals surface area contributed by atoms with Crippen LogP contribution in [0.15, 0.2) is 194 Å². The van der Waals surface area contributed by atoms with E-state index in [4.69, 9.17) is 0 Å². The molecule has 0 radical (unpaired) electrons. The van der Waals surface area contributed by atoms with E-state index in [9.17, 15) is 0 Å². The summed E-state index contributed by atoms with van der Waals surface area (Å²) in [5.74, 6) is 0. The van der Waals surface area contributed by atoms with Crippen LogP contribution in [0.25, 0.3) is 43.8 Å². The van der Waals surface area contributed by atoms with Crippen molar-refractivity contribution in [1.82, 2.24) is 0 Å². The van der Waals surface area contributed by atoms with Crippen LogP contribution in [0, 0.1) is 13.8 Å². The van der Waals surface area contributed by atoms with E-state index >= 15 is 0 Å². The van der Waals surface area contributed by atoms with E-state index in [0.717, 1.165) is 48.4 Å². The van der Waals surface area contributed by atoms with E-state index in [0.29, 0.717) is 0 Å². The maximum absolute atomic E-state index is 2.44. The molecule has 60 heavy (non-hydrogen) atoms. The Hall–Kier alpha value is -6.90. The average Bonchev–Trinajstić information content (AvgIpc) is 3.27. The van der Waals surface area contributed by atoms with Crippen molar-refractivity contribution in [3.8, 4) is 22.3 Å². The van der Waals surface area contributed by atoms with Gasteiger partial charge in [0.15, 0.2) is 0 Å². The van der Waals surface area contributed by atoms with Crippen molar-refractivity contribution < 1.29 is 0 Å². The third-order valence-electron chi connectivity index (χ3n) is 11.7. The molecule has 2 nitrogen and oxygen atoms in total. The molecule has 0 fully saturated rings. The van der Waals surface area contributed by atoms with Gasteiger partial charge in [0.25, 0.3) is 0 Å². The van der Waals surface area contributed by atoms with Crippen LogP contribution in [0.5, 0.6) is 0 Å². The molecule has 0 aromatic heterocycles. The minimum atomic E-state index is 1.05. The van der Waals surface area contributed by atoms with E-state index < -0.39 is 0 Å². The summed E-state index contributed by atoms with van der Waals surface area (Å²) in [5.41, 5.74) is 16.9. The Morgan fingerprint density at radius 3 is 1.07 bits per heavy atom. The van der Waals surface area contributed by atoms with Crippen LogP contribution in [-0.4, -0.2) is 0 Å². The van der Waals surface area contributed by atoms with Crippen LogP contribution in [-0.2, 0) is 12.8 Å². The second kappa shape index (κ2) is 17.1. The first-order valence-electron chi connectivity index (χ1n) is 21.5. The molecule has 9 aromatic carbocycles. The Kier molecular flexibility index (Phi) is 11.0. The van der Waals surface area contributed by atoms with Crippen molar-refractivity contribution >= 4 is 55.7 Å². The lowest BCUT2D eigenvalue weighted by Gasteiger charge is -2.29. The Balaban J connectivity index is 1.35. The summed E-state index contributed by atoms with van der Waals surface area (Å²) in [7, 11) is 0. The molecule has 0 saturated carbocycles. The van der Waals surface area contributed by atoms with Gasteiger partial charge in [-0.05, 0) is 166 Å². The van der Waals surface area contributed by atoms with Gasteiger partial charge in [-0.2, -0.15) is 0 Å². The minimum absolute atomic E-state index is 1.05. The first kappa shape index (κ1) is 38.6. The zero-order chi connectivity index (χ0) is 41.0. The smallest absolute Gasteiger partial charge is 0.0468 e. The maximum atomic E-state index is 2.44. The van der Waals surface area contributed by atoms with Gasteiger partial charge >= 0.3 is 0 Å². The number of hydrogen-bond acceptors (Lipinski definition) is 2. The largest absolute Gasteiger partial charge is 0.310 e. The molecule has 0 amide bonds. The third kappa shape index (κ3) is 7.70. The van der Waals surface area contributed by atoms with E-state index in [2.05, 4.69) is 232 Å². The van der Waals surface area contributed by atoms with Crippen molar-refractivity contribution in [3.63, 3.8) is 0 Å². The quantitative estimate of drug-likeness (QED) is 0.114. The van der Waals surface area contributed by atoms with E-state index in [1.165, 1.54) is 77.4 Å². The lowest BCUT2D eigenvalue weighted by molar-refractivity contribution is 0.921. The summed E-state index contributed by atoms with van der Waals surface area (Å²) in [6, 6.07) is 72.1. The molecular weight excluding hydrogens is 725 g/mol. The summed E-state index contributed by atoms with van der Waals surface area (Å²) >= 11 is 0. The van der Waals surface area contributed by atoms with Gasteiger partial charge in [0.2, 0.25) is 0 Å². The zero-order valence-corrected chi connectivity index (χ0v) is 35.2. The molecule has 0 saturated heterocycles. The van der Waals surface area contributed by atoms with Crippen LogP contribution in [0.3, 0.4) is 0 Å². The predicted molar refractivity (Wildman–Crippen MR) is 259 cm³/mol. The van der Waals surface area contributed by atoms with Gasteiger partial charge in [0.1, 0.15) is 0 Å². The van der Waals surface area contributed by atoms with Crippen LogP contribution in [0.1, 0.15) is 48.9 Å². The summed E-state index contributed by atoms with van der Waals surface area (Å²) in [5, 5.41) is 4.90. The van der Waals surface area contributed by atoms with Gasteiger partial charge in [-0.25, -0.2) is 0 Å². The van der Waals surface area contributed by atoms with Crippen molar-refractivity contribution in [2.24, 2.45) is 0 Å². The average molecular weight is 777 g/mol. The SMILES string of the molecule is CCCc1cccc(N(c2cccc(C)c2)c2ccc3c(-c4ccccc4)c4cc(N(c5cccc(C)c5)c5cccc(CCC)c5)ccc4c(-c4ccccc4)c3c2)c1. The lowest BCUT2D eigenvalue weighted by atomic mass is 9.85. The molecule has 0 unspecified atom stereocenters. The molecular formula is C58H52N2. The second-order valence-electron chi connectivity index (χ2n) is 16.1. The Labute approximate surface area is 356 Å². The first-order chi connectivity index (χ1) is 29.5. The van der Waals surface area contributed by atoms with Crippen molar-refractivity contribution in [2.75, 3.05) is 9.80 Å².